The zero-order valence-electron chi connectivity index (χ0n) is 19.7. The van der Waals surface area contributed by atoms with Crippen LogP contribution in [0.4, 0.5) is 28.0 Å². The number of halogens is 6. The van der Waals surface area contributed by atoms with Crippen LogP contribution in [0.5, 0.6) is 11.5 Å². The highest BCUT2D eigenvalue weighted by atomic mass is 79.9. The number of carbonyl (C=O) groups is 3. The minimum absolute atomic E-state index is 0.00285. The third kappa shape index (κ3) is 6.07. The van der Waals surface area contributed by atoms with Crippen molar-refractivity contribution in [2.45, 2.75) is 12.8 Å². The van der Waals surface area contributed by atoms with Crippen molar-refractivity contribution in [1.29, 1.82) is 0 Å². The van der Waals surface area contributed by atoms with Crippen LogP contribution in [0.25, 0.3) is 6.08 Å². The molecule has 1 heterocycles. The number of hydrogen-bond acceptors (Lipinski definition) is 5. The number of ether oxygens (including phenoxy) is 2. The maximum atomic E-state index is 13.5. The zero-order valence-corrected chi connectivity index (χ0v) is 22.1. The fraction of sp³-hybridized carbons (Fsp3) is 0.115. The number of carbonyl (C=O) groups excluding carboxylic acids is 3. The molecule has 0 radical (unpaired) electrons. The van der Waals surface area contributed by atoms with Gasteiger partial charge in [-0.25, -0.2) is 14.1 Å². The van der Waals surface area contributed by atoms with E-state index in [0.717, 1.165) is 12.1 Å². The molecule has 0 aliphatic carbocycles. The summed E-state index contributed by atoms with van der Waals surface area (Å²) in [5.74, 6) is -2.25. The summed E-state index contributed by atoms with van der Waals surface area (Å²) in [6, 6.07) is 9.57. The van der Waals surface area contributed by atoms with Crippen molar-refractivity contribution in [3.05, 3.63) is 92.2 Å². The molecule has 202 valence electrons. The molecule has 4 rings (SSSR count). The molecule has 1 aliphatic rings. The van der Waals surface area contributed by atoms with Gasteiger partial charge in [-0.15, -0.1) is 0 Å². The summed E-state index contributed by atoms with van der Waals surface area (Å²) < 4.78 is 64.7. The maximum absolute atomic E-state index is 13.5. The Morgan fingerprint density at radius 1 is 1.08 bits per heavy atom. The molecule has 13 heteroatoms. The number of amides is 4. The van der Waals surface area contributed by atoms with Crippen molar-refractivity contribution in [2.75, 3.05) is 12.0 Å². The first-order valence-electron chi connectivity index (χ1n) is 10.9. The van der Waals surface area contributed by atoms with E-state index in [4.69, 9.17) is 21.1 Å². The number of rotatable bonds is 6. The quantitative estimate of drug-likeness (QED) is 0.191. The first-order chi connectivity index (χ1) is 18.4. The first-order valence-corrected chi connectivity index (χ1v) is 12.1. The van der Waals surface area contributed by atoms with Crippen LogP contribution in [0.2, 0.25) is 5.02 Å². The van der Waals surface area contributed by atoms with Crippen molar-refractivity contribution in [1.82, 2.24) is 5.32 Å². The van der Waals surface area contributed by atoms with E-state index in [0.29, 0.717) is 27.1 Å². The van der Waals surface area contributed by atoms with Crippen LogP contribution in [0.15, 0.2) is 64.6 Å². The lowest BCUT2D eigenvalue weighted by Crippen LogP contribution is -2.54. The van der Waals surface area contributed by atoms with E-state index in [1.54, 1.807) is 6.07 Å². The second-order valence-corrected chi connectivity index (χ2v) is 9.34. The van der Waals surface area contributed by atoms with Crippen LogP contribution in [-0.4, -0.2) is 25.0 Å². The topological polar surface area (TPSA) is 84.9 Å². The Hall–Kier alpha value is -3.90. The van der Waals surface area contributed by atoms with Crippen molar-refractivity contribution >= 4 is 57.1 Å². The van der Waals surface area contributed by atoms with Gasteiger partial charge in [0, 0.05) is 0 Å². The fourth-order valence-electron chi connectivity index (χ4n) is 3.65. The number of hydrogen-bond donors (Lipinski definition) is 1. The average molecular weight is 628 g/mol. The SMILES string of the molecule is COc1cc(/C=C2/C(=O)NC(=O)N(c3cc(C(F)(F)F)ccc3Cl)C2=O)cc(Br)c1OCc1cccc(F)c1. The van der Waals surface area contributed by atoms with Gasteiger partial charge in [-0.3, -0.25) is 14.9 Å². The second-order valence-electron chi connectivity index (χ2n) is 8.07. The summed E-state index contributed by atoms with van der Waals surface area (Å²) in [5, 5.41) is 1.62. The molecule has 0 saturated carbocycles. The molecule has 1 aliphatic heterocycles. The molecule has 1 saturated heterocycles. The summed E-state index contributed by atoms with van der Waals surface area (Å²) in [6.07, 6.45) is -3.65. The summed E-state index contributed by atoms with van der Waals surface area (Å²) in [6.45, 7) is 0.00285. The number of methoxy groups -OCH3 is 1. The summed E-state index contributed by atoms with van der Waals surface area (Å²) in [7, 11) is 1.35. The number of nitrogens with zero attached hydrogens (tertiary/aromatic N) is 1. The van der Waals surface area contributed by atoms with Crippen LogP contribution >= 0.6 is 27.5 Å². The van der Waals surface area contributed by atoms with Gasteiger partial charge in [0.15, 0.2) is 11.5 Å². The largest absolute Gasteiger partial charge is 0.493 e. The molecule has 3 aromatic carbocycles. The third-order valence-electron chi connectivity index (χ3n) is 5.45. The van der Waals surface area contributed by atoms with Gasteiger partial charge in [0.1, 0.15) is 18.0 Å². The normalized spacial score (nSPS) is 15.0. The minimum atomic E-state index is -4.77. The molecule has 7 nitrogen and oxygen atoms in total. The highest BCUT2D eigenvalue weighted by molar-refractivity contribution is 9.10. The second kappa shape index (κ2) is 11.1. The van der Waals surface area contributed by atoms with Gasteiger partial charge < -0.3 is 9.47 Å². The smallest absolute Gasteiger partial charge is 0.416 e. The molecule has 0 bridgehead atoms. The molecule has 1 N–H and O–H groups in total. The molecule has 1 fully saturated rings. The highest BCUT2D eigenvalue weighted by Gasteiger charge is 2.39. The number of urea groups is 1. The van der Waals surface area contributed by atoms with Crippen molar-refractivity contribution < 1.29 is 41.4 Å². The van der Waals surface area contributed by atoms with E-state index in [9.17, 15) is 31.9 Å². The van der Waals surface area contributed by atoms with E-state index >= 15 is 0 Å². The molecular formula is C26H16BrClF4N2O5. The number of benzene rings is 3. The Balaban J connectivity index is 1.68. The number of barbiturate groups is 1. The molecule has 3 aromatic rings. The van der Waals surface area contributed by atoms with E-state index in [-0.39, 0.29) is 28.7 Å². The molecule has 0 atom stereocenters. The van der Waals surface area contributed by atoms with Crippen LogP contribution < -0.4 is 19.7 Å². The van der Waals surface area contributed by atoms with Gasteiger partial charge >= 0.3 is 12.2 Å². The summed E-state index contributed by atoms with van der Waals surface area (Å²) >= 11 is 9.35. The Kier molecular flexibility index (Phi) is 7.98. The molecule has 39 heavy (non-hydrogen) atoms. The number of anilines is 1. The van der Waals surface area contributed by atoms with Gasteiger partial charge in [0.05, 0.1) is 27.9 Å². The highest BCUT2D eigenvalue weighted by Crippen LogP contribution is 2.39. The van der Waals surface area contributed by atoms with Crippen LogP contribution in [0.1, 0.15) is 16.7 Å². The fourth-order valence-corrected chi connectivity index (χ4v) is 4.42. The minimum Gasteiger partial charge on any atom is -0.493 e. The Morgan fingerprint density at radius 3 is 2.49 bits per heavy atom. The number of alkyl halides is 3. The van der Waals surface area contributed by atoms with Crippen LogP contribution in [0.3, 0.4) is 0 Å². The van der Waals surface area contributed by atoms with Gasteiger partial charge in [0.25, 0.3) is 11.8 Å². The lowest BCUT2D eigenvalue weighted by Gasteiger charge is -2.27. The van der Waals surface area contributed by atoms with Crippen LogP contribution in [-0.2, 0) is 22.4 Å². The number of imide groups is 2. The molecule has 0 spiro atoms. The summed E-state index contributed by atoms with van der Waals surface area (Å²) in [4.78, 5) is 38.6. The van der Waals surface area contributed by atoms with E-state index in [1.165, 1.54) is 37.4 Å². The van der Waals surface area contributed by atoms with E-state index in [1.807, 2.05) is 5.32 Å². The standard InChI is InChI=1S/C26H16BrClF4N2O5/c1-38-21-10-14(9-18(27)22(21)39-12-13-3-2-4-16(29)7-13)8-17-23(35)33-25(37)34(24(17)36)20-11-15(26(30,31)32)5-6-19(20)28/h2-11H,12H2,1H3,(H,33,35,37)/b17-8-. The molecule has 0 aromatic heterocycles. The molecular weight excluding hydrogens is 612 g/mol. The van der Waals surface area contributed by atoms with Gasteiger partial charge in [0.2, 0.25) is 0 Å². The van der Waals surface area contributed by atoms with Crippen molar-refractivity contribution in [3.63, 3.8) is 0 Å². The van der Waals surface area contributed by atoms with Gasteiger partial charge in [-0.2, -0.15) is 13.2 Å². The third-order valence-corrected chi connectivity index (χ3v) is 6.36. The Bertz CT molecular complexity index is 1530. The predicted octanol–water partition coefficient (Wildman–Crippen LogP) is 6.51. The van der Waals surface area contributed by atoms with Crippen LogP contribution in [0, 0.1) is 5.82 Å². The van der Waals surface area contributed by atoms with Crippen molar-refractivity contribution in [2.24, 2.45) is 0 Å². The zero-order chi connectivity index (χ0) is 28.5. The Labute approximate surface area is 232 Å². The molecule has 0 unspecified atom stereocenters. The first kappa shape index (κ1) is 28.1. The number of nitrogens with one attached hydrogen (secondary N) is 1. The van der Waals surface area contributed by atoms with Crippen molar-refractivity contribution in [3.8, 4) is 11.5 Å². The average Bonchev–Trinajstić information content (AvgIpc) is 2.86. The Morgan fingerprint density at radius 2 is 1.82 bits per heavy atom. The predicted molar refractivity (Wildman–Crippen MR) is 137 cm³/mol. The van der Waals surface area contributed by atoms with Gasteiger partial charge in [-0.1, -0.05) is 23.7 Å². The lowest BCUT2D eigenvalue weighted by atomic mass is 10.1. The van der Waals surface area contributed by atoms with E-state index < -0.39 is 46.7 Å². The molecule has 4 amide bonds. The monoisotopic (exact) mass is 626 g/mol. The van der Waals surface area contributed by atoms with Gasteiger partial charge in [-0.05, 0) is 75.6 Å². The van der Waals surface area contributed by atoms with E-state index in [2.05, 4.69) is 15.9 Å². The maximum Gasteiger partial charge on any atom is 0.416 e. The summed E-state index contributed by atoms with van der Waals surface area (Å²) in [5.41, 5.74) is -1.44. The lowest BCUT2D eigenvalue weighted by molar-refractivity contribution is -0.137.